The molecule has 2 aromatic rings. The Morgan fingerprint density at radius 3 is 2.68 bits per heavy atom. The maximum Gasteiger partial charge on any atom is 0.206 e. The minimum absolute atomic E-state index is 0.0160. The maximum absolute atomic E-state index is 12.5. The first-order chi connectivity index (χ1) is 9.06. The lowest BCUT2D eigenvalue weighted by Crippen LogP contribution is -2.02. The van der Waals surface area contributed by atoms with Crippen LogP contribution in [0.15, 0.2) is 28.7 Å². The maximum atomic E-state index is 12.5. The molecule has 0 aliphatic heterocycles. The average molecular weight is 339 g/mol. The molecular formula is C15H15BrO2S. The second-order valence-corrected chi connectivity index (χ2v) is 6.27. The SMILES string of the molecule is CCc1ccc(C(=O)c2cc(Br)c(C)cc2OC)s1. The van der Waals surface area contributed by atoms with Crippen molar-refractivity contribution in [2.45, 2.75) is 20.3 Å². The van der Waals surface area contributed by atoms with Crippen LogP contribution in [0.1, 0.15) is 32.6 Å². The number of carbonyl (C=O) groups excluding carboxylic acids is 1. The molecular weight excluding hydrogens is 324 g/mol. The minimum Gasteiger partial charge on any atom is -0.496 e. The summed E-state index contributed by atoms with van der Waals surface area (Å²) in [4.78, 5) is 14.5. The molecule has 0 fully saturated rings. The van der Waals surface area contributed by atoms with Crippen LogP contribution in [0.2, 0.25) is 0 Å². The topological polar surface area (TPSA) is 26.3 Å². The summed E-state index contributed by atoms with van der Waals surface area (Å²) in [5.74, 6) is 0.638. The van der Waals surface area contributed by atoms with Crippen LogP contribution < -0.4 is 4.74 Å². The molecule has 0 saturated carbocycles. The van der Waals surface area contributed by atoms with Crippen LogP contribution in [-0.4, -0.2) is 12.9 Å². The molecule has 0 spiro atoms. The molecule has 100 valence electrons. The van der Waals surface area contributed by atoms with E-state index < -0.39 is 0 Å². The number of aryl methyl sites for hydroxylation is 2. The van der Waals surface area contributed by atoms with Crippen LogP contribution in [-0.2, 0) is 6.42 Å². The molecule has 1 heterocycles. The first-order valence-corrected chi connectivity index (χ1v) is 7.65. The van der Waals surface area contributed by atoms with Gasteiger partial charge < -0.3 is 4.74 Å². The van der Waals surface area contributed by atoms with E-state index >= 15 is 0 Å². The molecule has 1 aromatic carbocycles. The Morgan fingerprint density at radius 2 is 2.11 bits per heavy atom. The van der Waals surface area contributed by atoms with E-state index in [1.807, 2.05) is 31.2 Å². The predicted molar refractivity (Wildman–Crippen MR) is 82.6 cm³/mol. The molecule has 19 heavy (non-hydrogen) atoms. The molecule has 0 atom stereocenters. The number of rotatable bonds is 4. The quantitative estimate of drug-likeness (QED) is 0.760. The largest absolute Gasteiger partial charge is 0.496 e. The van der Waals surface area contributed by atoms with Gasteiger partial charge in [-0.25, -0.2) is 0 Å². The third kappa shape index (κ3) is 2.90. The third-order valence-electron chi connectivity index (χ3n) is 2.96. The molecule has 0 N–H and O–H groups in total. The number of ether oxygens (including phenoxy) is 1. The van der Waals surface area contributed by atoms with Gasteiger partial charge in [-0.05, 0) is 43.2 Å². The van der Waals surface area contributed by atoms with Gasteiger partial charge in [0.05, 0.1) is 17.6 Å². The van der Waals surface area contributed by atoms with E-state index in [1.54, 1.807) is 18.4 Å². The third-order valence-corrected chi connectivity index (χ3v) is 5.04. The van der Waals surface area contributed by atoms with Crippen LogP contribution >= 0.6 is 27.3 Å². The van der Waals surface area contributed by atoms with Gasteiger partial charge in [-0.2, -0.15) is 0 Å². The summed E-state index contributed by atoms with van der Waals surface area (Å²) in [6.45, 7) is 4.06. The van der Waals surface area contributed by atoms with Crippen molar-refractivity contribution < 1.29 is 9.53 Å². The van der Waals surface area contributed by atoms with Crippen LogP contribution in [0.3, 0.4) is 0 Å². The van der Waals surface area contributed by atoms with Crippen molar-refractivity contribution in [1.29, 1.82) is 0 Å². The number of carbonyl (C=O) groups is 1. The number of hydrogen-bond donors (Lipinski definition) is 0. The van der Waals surface area contributed by atoms with Gasteiger partial charge in [-0.1, -0.05) is 22.9 Å². The van der Waals surface area contributed by atoms with Gasteiger partial charge in [0.2, 0.25) is 5.78 Å². The highest BCUT2D eigenvalue weighted by atomic mass is 79.9. The highest BCUT2D eigenvalue weighted by Gasteiger charge is 2.17. The van der Waals surface area contributed by atoms with Crippen LogP contribution in [0.5, 0.6) is 5.75 Å². The molecule has 0 saturated heterocycles. The number of ketones is 1. The van der Waals surface area contributed by atoms with Gasteiger partial charge in [0, 0.05) is 9.35 Å². The Kier molecular flexibility index (Phi) is 4.42. The van der Waals surface area contributed by atoms with E-state index in [9.17, 15) is 4.79 Å². The Hall–Kier alpha value is -1.13. The lowest BCUT2D eigenvalue weighted by Gasteiger charge is -2.09. The molecule has 0 aliphatic rings. The first-order valence-electron chi connectivity index (χ1n) is 6.04. The van der Waals surface area contributed by atoms with Gasteiger partial charge in [0.1, 0.15) is 5.75 Å². The highest BCUT2D eigenvalue weighted by molar-refractivity contribution is 9.10. The van der Waals surface area contributed by atoms with Gasteiger partial charge >= 0.3 is 0 Å². The zero-order chi connectivity index (χ0) is 14.0. The Morgan fingerprint density at radius 1 is 1.37 bits per heavy atom. The van der Waals surface area contributed by atoms with Gasteiger partial charge in [-0.3, -0.25) is 4.79 Å². The summed E-state index contributed by atoms with van der Waals surface area (Å²) < 4.78 is 6.24. The van der Waals surface area contributed by atoms with Crippen molar-refractivity contribution in [1.82, 2.24) is 0 Å². The lowest BCUT2D eigenvalue weighted by molar-refractivity contribution is 0.103. The van der Waals surface area contributed by atoms with Crippen molar-refractivity contribution >= 4 is 33.0 Å². The number of hydrogen-bond acceptors (Lipinski definition) is 3. The normalized spacial score (nSPS) is 10.5. The van der Waals surface area contributed by atoms with E-state index in [-0.39, 0.29) is 5.78 Å². The fourth-order valence-corrected chi connectivity index (χ4v) is 3.07. The van der Waals surface area contributed by atoms with E-state index in [2.05, 4.69) is 22.9 Å². The predicted octanol–water partition coefficient (Wildman–Crippen LogP) is 4.62. The van der Waals surface area contributed by atoms with E-state index in [0.717, 1.165) is 21.3 Å². The summed E-state index contributed by atoms with van der Waals surface area (Å²) in [5.41, 5.74) is 1.65. The van der Waals surface area contributed by atoms with E-state index in [1.165, 1.54) is 4.88 Å². The molecule has 0 bridgehead atoms. The second kappa shape index (κ2) is 5.88. The van der Waals surface area contributed by atoms with E-state index in [0.29, 0.717) is 11.3 Å². The van der Waals surface area contributed by atoms with Crippen molar-refractivity contribution in [3.63, 3.8) is 0 Å². The Bertz CT molecular complexity index is 617. The number of methoxy groups -OCH3 is 1. The smallest absolute Gasteiger partial charge is 0.206 e. The molecule has 2 rings (SSSR count). The van der Waals surface area contributed by atoms with E-state index in [4.69, 9.17) is 4.74 Å². The van der Waals surface area contributed by atoms with Gasteiger partial charge in [0.15, 0.2) is 0 Å². The first kappa shape index (κ1) is 14.3. The molecule has 4 heteroatoms. The molecule has 0 aliphatic carbocycles. The zero-order valence-corrected chi connectivity index (χ0v) is 13.5. The molecule has 0 unspecified atom stereocenters. The molecule has 0 amide bonds. The number of halogens is 1. The fourth-order valence-electron chi connectivity index (χ4n) is 1.82. The standard InChI is InChI=1S/C15H15BrO2S/c1-4-10-5-6-14(19-10)15(17)11-8-12(16)9(2)7-13(11)18-3/h5-8H,4H2,1-3H3. The van der Waals surface area contributed by atoms with Crippen molar-refractivity contribution in [2.75, 3.05) is 7.11 Å². The second-order valence-electron chi connectivity index (χ2n) is 4.25. The Labute approximate surface area is 125 Å². The molecule has 1 aromatic heterocycles. The van der Waals surface area contributed by atoms with Crippen LogP contribution in [0.25, 0.3) is 0 Å². The molecule has 2 nitrogen and oxygen atoms in total. The monoisotopic (exact) mass is 338 g/mol. The zero-order valence-electron chi connectivity index (χ0n) is 11.1. The summed E-state index contributed by atoms with van der Waals surface area (Å²) in [6, 6.07) is 7.61. The molecule has 0 radical (unpaired) electrons. The summed E-state index contributed by atoms with van der Waals surface area (Å²) in [5, 5.41) is 0. The Balaban J connectivity index is 2.45. The van der Waals surface area contributed by atoms with Crippen LogP contribution in [0, 0.1) is 6.92 Å². The van der Waals surface area contributed by atoms with Gasteiger partial charge in [0.25, 0.3) is 0 Å². The lowest BCUT2D eigenvalue weighted by atomic mass is 10.1. The van der Waals surface area contributed by atoms with Crippen LogP contribution in [0.4, 0.5) is 0 Å². The van der Waals surface area contributed by atoms with Crippen molar-refractivity contribution in [3.05, 3.63) is 49.6 Å². The highest BCUT2D eigenvalue weighted by Crippen LogP contribution is 2.30. The number of thiophene rings is 1. The average Bonchev–Trinajstić information content (AvgIpc) is 2.89. The minimum atomic E-state index is 0.0160. The fraction of sp³-hybridized carbons (Fsp3) is 0.267. The number of benzene rings is 1. The summed E-state index contributed by atoms with van der Waals surface area (Å²) in [6.07, 6.45) is 0.951. The van der Waals surface area contributed by atoms with Gasteiger partial charge in [-0.15, -0.1) is 11.3 Å². The van der Waals surface area contributed by atoms with Crippen molar-refractivity contribution in [2.24, 2.45) is 0 Å². The summed E-state index contributed by atoms with van der Waals surface area (Å²) in [7, 11) is 1.59. The summed E-state index contributed by atoms with van der Waals surface area (Å²) >= 11 is 5.01. The van der Waals surface area contributed by atoms with Crippen molar-refractivity contribution in [3.8, 4) is 5.75 Å².